The maximum Gasteiger partial charge on any atom is 0.347 e. The number of carboxylic acids is 1. The van der Waals surface area contributed by atoms with Gasteiger partial charge in [-0.05, 0) is 32.0 Å². The average molecular weight is 233 g/mol. The third-order valence-electron chi connectivity index (χ3n) is 1.77. The molecule has 0 unspecified atom stereocenters. The van der Waals surface area contributed by atoms with Crippen molar-refractivity contribution in [3.63, 3.8) is 0 Å². The van der Waals surface area contributed by atoms with Crippen molar-refractivity contribution in [3.8, 4) is 5.75 Å². The molecule has 1 rings (SSSR count). The van der Waals surface area contributed by atoms with Gasteiger partial charge in [0, 0.05) is 5.02 Å². The van der Waals surface area contributed by atoms with Gasteiger partial charge in [0.1, 0.15) is 0 Å². The molecule has 1 aromatic rings. The summed E-state index contributed by atoms with van der Waals surface area (Å²) in [4.78, 5) is 10.7. The van der Waals surface area contributed by atoms with E-state index in [1.807, 2.05) is 0 Å². The number of ether oxygens (including phenoxy) is 1. The van der Waals surface area contributed by atoms with Gasteiger partial charge in [0.05, 0.1) is 0 Å². The molecule has 0 saturated carbocycles. The molecule has 0 spiro atoms. The zero-order chi connectivity index (χ0) is 11.6. The number of carboxylic acid groups (broad SMARTS) is 1. The maximum absolute atomic E-state index is 13.2. The molecule has 0 aromatic heterocycles. The van der Waals surface area contributed by atoms with E-state index in [4.69, 9.17) is 21.4 Å². The molecular weight excluding hydrogens is 223 g/mol. The number of benzene rings is 1. The summed E-state index contributed by atoms with van der Waals surface area (Å²) < 4.78 is 18.3. The number of hydrogen-bond acceptors (Lipinski definition) is 2. The van der Waals surface area contributed by atoms with Crippen molar-refractivity contribution < 1.29 is 19.0 Å². The van der Waals surface area contributed by atoms with Gasteiger partial charge in [-0.15, -0.1) is 0 Å². The fourth-order valence-corrected chi connectivity index (χ4v) is 1.04. The zero-order valence-corrected chi connectivity index (χ0v) is 9.01. The lowest BCUT2D eigenvalue weighted by Crippen LogP contribution is -2.38. The Labute approximate surface area is 91.4 Å². The third-order valence-corrected chi connectivity index (χ3v) is 2.01. The Kier molecular flexibility index (Phi) is 3.19. The van der Waals surface area contributed by atoms with Crippen molar-refractivity contribution in [1.29, 1.82) is 0 Å². The summed E-state index contributed by atoms with van der Waals surface area (Å²) in [6, 6.07) is 3.79. The maximum atomic E-state index is 13.2. The van der Waals surface area contributed by atoms with Crippen molar-refractivity contribution in [1.82, 2.24) is 0 Å². The molecule has 0 atom stereocenters. The molecule has 0 fully saturated rings. The summed E-state index contributed by atoms with van der Waals surface area (Å²) in [5, 5.41) is 9.00. The fourth-order valence-electron chi connectivity index (χ4n) is 0.877. The van der Waals surface area contributed by atoms with E-state index >= 15 is 0 Å². The minimum atomic E-state index is -1.48. The highest BCUT2D eigenvalue weighted by molar-refractivity contribution is 6.30. The number of aliphatic carboxylic acids is 1. The Morgan fingerprint density at radius 3 is 2.60 bits per heavy atom. The summed E-state index contributed by atoms with van der Waals surface area (Å²) in [7, 11) is 0. The number of carbonyl (C=O) groups is 1. The van der Waals surface area contributed by atoms with Gasteiger partial charge in [-0.2, -0.15) is 0 Å². The Bertz CT molecular complexity index is 390. The second-order valence-electron chi connectivity index (χ2n) is 3.49. The predicted octanol–water partition coefficient (Wildman–Crippen LogP) is 2.72. The zero-order valence-electron chi connectivity index (χ0n) is 8.25. The van der Waals surface area contributed by atoms with Crippen LogP contribution in [0.2, 0.25) is 5.02 Å². The molecule has 0 aliphatic heterocycles. The van der Waals surface area contributed by atoms with Gasteiger partial charge in [-0.25, -0.2) is 9.18 Å². The number of rotatable bonds is 3. The lowest BCUT2D eigenvalue weighted by atomic mass is 10.1. The van der Waals surface area contributed by atoms with E-state index in [1.165, 1.54) is 26.0 Å². The van der Waals surface area contributed by atoms with Crippen LogP contribution in [0.5, 0.6) is 5.75 Å². The summed E-state index contributed by atoms with van der Waals surface area (Å²) in [6.45, 7) is 2.67. The molecule has 0 bridgehead atoms. The van der Waals surface area contributed by atoms with E-state index in [2.05, 4.69) is 0 Å². The SMILES string of the molecule is CC(C)(Oc1ccc(Cl)cc1F)C(=O)O. The first-order valence-electron chi connectivity index (χ1n) is 4.20. The molecule has 0 aliphatic carbocycles. The van der Waals surface area contributed by atoms with Crippen molar-refractivity contribution in [3.05, 3.63) is 29.0 Å². The molecule has 3 nitrogen and oxygen atoms in total. The summed E-state index contributed by atoms with van der Waals surface area (Å²) in [5.41, 5.74) is -1.48. The van der Waals surface area contributed by atoms with Gasteiger partial charge in [0.15, 0.2) is 17.2 Å². The molecule has 0 aliphatic rings. The molecule has 0 radical (unpaired) electrons. The van der Waals surface area contributed by atoms with E-state index in [0.29, 0.717) is 0 Å². The van der Waals surface area contributed by atoms with Crippen LogP contribution in [0.3, 0.4) is 0 Å². The average Bonchev–Trinajstić information content (AvgIpc) is 2.09. The van der Waals surface area contributed by atoms with Gasteiger partial charge < -0.3 is 9.84 Å². The van der Waals surface area contributed by atoms with Gasteiger partial charge in [-0.3, -0.25) is 0 Å². The van der Waals surface area contributed by atoms with Crippen LogP contribution in [-0.4, -0.2) is 16.7 Å². The second-order valence-corrected chi connectivity index (χ2v) is 3.93. The topological polar surface area (TPSA) is 46.5 Å². The van der Waals surface area contributed by atoms with Crippen LogP contribution in [0.15, 0.2) is 18.2 Å². The largest absolute Gasteiger partial charge is 0.478 e. The first-order valence-corrected chi connectivity index (χ1v) is 4.58. The summed E-state index contributed by atoms with van der Waals surface area (Å²) >= 11 is 5.54. The number of halogens is 2. The Morgan fingerprint density at radius 1 is 1.53 bits per heavy atom. The van der Waals surface area contributed by atoms with Gasteiger partial charge in [-0.1, -0.05) is 11.6 Å². The summed E-state index contributed by atoms with van der Waals surface area (Å²) in [5.74, 6) is -1.99. The van der Waals surface area contributed by atoms with Crippen LogP contribution < -0.4 is 4.74 Å². The Morgan fingerprint density at radius 2 is 2.13 bits per heavy atom. The third kappa shape index (κ3) is 2.83. The van der Waals surface area contributed by atoms with Gasteiger partial charge >= 0.3 is 5.97 Å². The molecule has 0 heterocycles. The second kappa shape index (κ2) is 4.06. The molecule has 0 saturated heterocycles. The summed E-state index contributed by atoms with van der Waals surface area (Å²) in [6.07, 6.45) is 0. The van der Waals surface area contributed by atoms with Crippen molar-refractivity contribution >= 4 is 17.6 Å². The first-order chi connectivity index (χ1) is 6.83. The molecular formula is C10H10ClFO3. The normalized spacial score (nSPS) is 11.2. The highest BCUT2D eigenvalue weighted by atomic mass is 35.5. The molecule has 1 N–H and O–H groups in total. The smallest absolute Gasteiger partial charge is 0.347 e. The van der Waals surface area contributed by atoms with Crippen molar-refractivity contribution in [2.45, 2.75) is 19.4 Å². The molecule has 1 aromatic carbocycles. The highest BCUT2D eigenvalue weighted by Crippen LogP contribution is 2.24. The quantitative estimate of drug-likeness (QED) is 0.872. The Balaban J connectivity index is 2.95. The van der Waals surface area contributed by atoms with Crippen LogP contribution in [-0.2, 0) is 4.79 Å². The lowest BCUT2D eigenvalue weighted by molar-refractivity contribution is -0.152. The van der Waals surface area contributed by atoms with Crippen LogP contribution >= 0.6 is 11.6 Å². The molecule has 5 heteroatoms. The fraction of sp³-hybridized carbons (Fsp3) is 0.300. The Hall–Kier alpha value is -1.29. The lowest BCUT2D eigenvalue weighted by Gasteiger charge is -2.21. The van der Waals surface area contributed by atoms with Gasteiger partial charge in [0.25, 0.3) is 0 Å². The van der Waals surface area contributed by atoms with Crippen molar-refractivity contribution in [2.75, 3.05) is 0 Å². The molecule has 0 amide bonds. The number of hydrogen-bond donors (Lipinski definition) is 1. The van der Waals surface area contributed by atoms with Crippen LogP contribution in [0.4, 0.5) is 4.39 Å². The van der Waals surface area contributed by atoms with E-state index < -0.39 is 17.4 Å². The van der Waals surface area contributed by atoms with Crippen LogP contribution in [0.1, 0.15) is 13.8 Å². The molecule has 82 valence electrons. The van der Waals surface area contributed by atoms with E-state index in [-0.39, 0.29) is 10.8 Å². The first kappa shape index (κ1) is 11.8. The standard InChI is InChI=1S/C10H10ClFO3/c1-10(2,9(13)14)15-8-4-3-6(11)5-7(8)12/h3-5H,1-2H3,(H,13,14). The minimum absolute atomic E-state index is 0.133. The predicted molar refractivity (Wildman–Crippen MR) is 53.8 cm³/mol. The van der Waals surface area contributed by atoms with Gasteiger partial charge in [0.2, 0.25) is 0 Å². The highest BCUT2D eigenvalue weighted by Gasteiger charge is 2.30. The van der Waals surface area contributed by atoms with E-state index in [0.717, 1.165) is 6.07 Å². The van der Waals surface area contributed by atoms with Crippen LogP contribution in [0, 0.1) is 5.82 Å². The minimum Gasteiger partial charge on any atom is -0.478 e. The van der Waals surface area contributed by atoms with E-state index in [9.17, 15) is 9.18 Å². The van der Waals surface area contributed by atoms with Crippen molar-refractivity contribution in [2.24, 2.45) is 0 Å². The molecule has 15 heavy (non-hydrogen) atoms. The van der Waals surface area contributed by atoms with Crippen LogP contribution in [0.25, 0.3) is 0 Å². The monoisotopic (exact) mass is 232 g/mol. The van der Waals surface area contributed by atoms with E-state index in [1.54, 1.807) is 0 Å².